The molecule has 6 heteroatoms. The third-order valence-electron chi connectivity index (χ3n) is 6.09. The van der Waals surface area contributed by atoms with Gasteiger partial charge in [-0.2, -0.15) is 0 Å². The van der Waals surface area contributed by atoms with Crippen LogP contribution in [0.2, 0.25) is 0 Å². The fraction of sp³-hybridized carbons (Fsp3) is 0.600. The highest BCUT2D eigenvalue weighted by Crippen LogP contribution is 2.41. The normalized spacial score (nSPS) is 29.4. The van der Waals surface area contributed by atoms with Gasteiger partial charge in [0.2, 0.25) is 5.91 Å². The highest BCUT2D eigenvalue weighted by molar-refractivity contribution is 5.80. The Kier molecular flexibility index (Phi) is 4.71. The molecule has 1 fully saturated rings. The van der Waals surface area contributed by atoms with Gasteiger partial charge in [-0.05, 0) is 43.4 Å². The number of hydrogen-bond donors (Lipinski definition) is 3. The first kappa shape index (κ1) is 17.5. The predicted octanol–water partition coefficient (Wildman–Crippen LogP) is 1.19. The predicted molar refractivity (Wildman–Crippen MR) is 99.6 cm³/mol. The fourth-order valence-electron chi connectivity index (χ4n) is 4.77. The number of carbonyl (C=O) groups is 1. The Morgan fingerprint density at radius 1 is 1.42 bits per heavy atom. The van der Waals surface area contributed by atoms with Gasteiger partial charge < -0.3 is 20.3 Å². The topological polar surface area (TPSA) is 83.4 Å². The van der Waals surface area contributed by atoms with E-state index in [0.29, 0.717) is 13.1 Å². The smallest absolute Gasteiger partial charge is 0.258 e. The third kappa shape index (κ3) is 2.72. The molecule has 2 bridgehead atoms. The van der Waals surface area contributed by atoms with E-state index in [4.69, 9.17) is 0 Å². The fourth-order valence-corrected chi connectivity index (χ4v) is 4.77. The Morgan fingerprint density at radius 2 is 2.27 bits per heavy atom. The molecule has 3 N–H and O–H groups in total. The number of hydrogen-bond acceptors (Lipinski definition) is 4. The van der Waals surface area contributed by atoms with Gasteiger partial charge in [0.25, 0.3) is 5.56 Å². The number of allylic oxidation sites excluding steroid dienone is 2. The molecule has 3 aliphatic rings. The van der Waals surface area contributed by atoms with Crippen LogP contribution in [0.15, 0.2) is 23.0 Å². The average molecular weight is 357 g/mol. The summed E-state index contributed by atoms with van der Waals surface area (Å²) in [5, 5.41) is 16.4. The first-order valence-corrected chi connectivity index (χ1v) is 9.73. The van der Waals surface area contributed by atoms with E-state index in [2.05, 4.69) is 16.7 Å². The lowest BCUT2D eigenvalue weighted by Gasteiger charge is -2.28. The Bertz CT molecular complexity index is 798. The number of fused-ring (bicyclic) bond motifs is 4. The highest BCUT2D eigenvalue weighted by Gasteiger charge is 2.50. The molecule has 0 spiro atoms. The van der Waals surface area contributed by atoms with Crippen LogP contribution in [0.5, 0.6) is 0 Å². The largest absolute Gasteiger partial charge is 0.396 e. The molecule has 1 aromatic rings. The maximum absolute atomic E-state index is 13.1. The van der Waals surface area contributed by atoms with E-state index in [0.717, 1.165) is 42.5 Å². The molecule has 1 aliphatic carbocycles. The second-order valence-corrected chi connectivity index (χ2v) is 7.62. The molecule has 3 heterocycles. The minimum Gasteiger partial charge on any atom is -0.396 e. The van der Waals surface area contributed by atoms with Gasteiger partial charge in [-0.3, -0.25) is 9.59 Å². The summed E-state index contributed by atoms with van der Waals surface area (Å²) in [6.45, 7) is 3.10. The van der Waals surface area contributed by atoms with E-state index >= 15 is 0 Å². The molecule has 26 heavy (non-hydrogen) atoms. The molecular formula is C20H27N3O3. The van der Waals surface area contributed by atoms with E-state index in [1.54, 1.807) is 0 Å². The Balaban J connectivity index is 1.72. The van der Waals surface area contributed by atoms with Gasteiger partial charge in [0.15, 0.2) is 0 Å². The van der Waals surface area contributed by atoms with Gasteiger partial charge in [0, 0.05) is 42.9 Å². The monoisotopic (exact) mass is 357 g/mol. The van der Waals surface area contributed by atoms with Gasteiger partial charge in [0.05, 0.1) is 12.0 Å². The number of nitrogens with one attached hydrogen (secondary N) is 2. The minimum absolute atomic E-state index is 0.0330. The molecule has 6 nitrogen and oxygen atoms in total. The molecule has 0 aromatic carbocycles. The number of aromatic nitrogens is 1. The number of rotatable bonds is 5. The van der Waals surface area contributed by atoms with Crippen molar-refractivity contribution >= 4 is 11.5 Å². The van der Waals surface area contributed by atoms with Gasteiger partial charge in [-0.25, -0.2) is 0 Å². The minimum atomic E-state index is -0.346. The summed E-state index contributed by atoms with van der Waals surface area (Å²) in [5.41, 5.74) is 2.84. The maximum Gasteiger partial charge on any atom is 0.258 e. The second kappa shape index (κ2) is 7.00. The van der Waals surface area contributed by atoms with Crippen molar-refractivity contribution in [2.45, 2.75) is 51.2 Å². The molecule has 0 unspecified atom stereocenters. The zero-order valence-electron chi connectivity index (χ0n) is 15.2. The average Bonchev–Trinajstić information content (AvgIpc) is 3.27. The second-order valence-electron chi connectivity index (χ2n) is 7.62. The van der Waals surface area contributed by atoms with Crippen LogP contribution in [0.1, 0.15) is 49.9 Å². The molecule has 1 saturated heterocycles. The molecule has 140 valence electrons. The number of aliphatic hydroxyl groups is 1. The summed E-state index contributed by atoms with van der Waals surface area (Å²) < 4.78 is 1.83. The van der Waals surface area contributed by atoms with Crippen LogP contribution >= 0.6 is 0 Å². The SMILES string of the molecule is CCCNC(=O)[C@@H]1[C@@H](CO)[C@@H]2Cn3c(ccc(C4=CCCC4)c3=O)[C@H]1N2. The number of aliphatic hydroxyl groups excluding tert-OH is 1. The molecule has 1 amide bonds. The summed E-state index contributed by atoms with van der Waals surface area (Å²) in [4.78, 5) is 25.8. The van der Waals surface area contributed by atoms with Crippen LogP contribution in [0.3, 0.4) is 0 Å². The van der Waals surface area contributed by atoms with Crippen LogP contribution in [0, 0.1) is 11.8 Å². The van der Waals surface area contributed by atoms with E-state index in [-0.39, 0.29) is 42.0 Å². The van der Waals surface area contributed by atoms with Crippen molar-refractivity contribution < 1.29 is 9.90 Å². The Hall–Kier alpha value is -1.92. The van der Waals surface area contributed by atoms with Crippen LogP contribution in [-0.4, -0.2) is 34.8 Å². The number of carbonyl (C=O) groups excluding carboxylic acids is 1. The molecule has 1 aromatic heterocycles. The lowest BCUT2D eigenvalue weighted by Crippen LogP contribution is -2.44. The molecule has 0 radical (unpaired) electrons. The van der Waals surface area contributed by atoms with E-state index in [9.17, 15) is 14.7 Å². The lowest BCUT2D eigenvalue weighted by molar-refractivity contribution is -0.127. The summed E-state index contributed by atoms with van der Waals surface area (Å²) in [7, 11) is 0. The van der Waals surface area contributed by atoms with E-state index in [1.165, 1.54) is 0 Å². The van der Waals surface area contributed by atoms with Crippen molar-refractivity contribution in [3.05, 3.63) is 39.8 Å². The highest BCUT2D eigenvalue weighted by atomic mass is 16.3. The summed E-state index contributed by atoms with van der Waals surface area (Å²) >= 11 is 0. The summed E-state index contributed by atoms with van der Waals surface area (Å²) in [6.07, 6.45) is 6.14. The van der Waals surface area contributed by atoms with Gasteiger partial charge in [-0.1, -0.05) is 13.0 Å². The van der Waals surface area contributed by atoms with Crippen LogP contribution in [0.25, 0.3) is 5.57 Å². The first-order chi connectivity index (χ1) is 12.7. The zero-order valence-corrected chi connectivity index (χ0v) is 15.2. The quantitative estimate of drug-likeness (QED) is 0.739. The first-order valence-electron chi connectivity index (χ1n) is 9.73. The van der Waals surface area contributed by atoms with E-state index < -0.39 is 0 Å². The van der Waals surface area contributed by atoms with Gasteiger partial charge >= 0.3 is 0 Å². The van der Waals surface area contributed by atoms with Crippen LogP contribution in [0.4, 0.5) is 0 Å². The maximum atomic E-state index is 13.1. The standard InChI is InChI=1S/C20H27N3O3/c1-2-9-21-19(25)17-14(11-24)15-10-23-16(18(17)22-15)8-7-13(20(23)26)12-5-3-4-6-12/h5,7-8,14-15,17-18,22,24H,2-4,6,9-11H2,1H3,(H,21,25)/t14-,15-,17+,18+/m0/s1. The number of nitrogens with zero attached hydrogens (tertiary/aromatic N) is 1. The van der Waals surface area contributed by atoms with E-state index in [1.807, 2.05) is 23.6 Å². The van der Waals surface area contributed by atoms with Gasteiger partial charge in [0.1, 0.15) is 0 Å². The summed E-state index contributed by atoms with van der Waals surface area (Å²) in [5.74, 6) is -0.555. The molecule has 4 atom stereocenters. The van der Waals surface area contributed by atoms with Crippen LogP contribution in [-0.2, 0) is 11.3 Å². The molecule has 2 aliphatic heterocycles. The van der Waals surface area contributed by atoms with Crippen molar-refractivity contribution in [1.29, 1.82) is 0 Å². The Morgan fingerprint density at radius 3 is 2.96 bits per heavy atom. The summed E-state index contributed by atoms with van der Waals surface area (Å²) in [6, 6.07) is 3.63. The Labute approximate surface area is 153 Å². The van der Waals surface area contributed by atoms with Crippen LogP contribution < -0.4 is 16.2 Å². The lowest BCUT2D eigenvalue weighted by atomic mass is 9.86. The van der Waals surface area contributed by atoms with Crippen molar-refractivity contribution in [3.8, 4) is 0 Å². The number of pyridine rings is 1. The molecule has 0 saturated carbocycles. The van der Waals surface area contributed by atoms with Crippen molar-refractivity contribution in [2.75, 3.05) is 13.2 Å². The van der Waals surface area contributed by atoms with Crippen molar-refractivity contribution in [3.63, 3.8) is 0 Å². The van der Waals surface area contributed by atoms with Crippen molar-refractivity contribution in [1.82, 2.24) is 15.2 Å². The van der Waals surface area contributed by atoms with Crippen molar-refractivity contribution in [2.24, 2.45) is 11.8 Å². The molecular weight excluding hydrogens is 330 g/mol. The number of amides is 1. The van der Waals surface area contributed by atoms with Gasteiger partial charge in [-0.15, -0.1) is 0 Å². The molecule has 4 rings (SSSR count). The third-order valence-corrected chi connectivity index (χ3v) is 6.09. The zero-order chi connectivity index (χ0) is 18.3.